The molecular formula is C11H12N2OS. The van der Waals surface area contributed by atoms with E-state index in [9.17, 15) is 4.79 Å². The van der Waals surface area contributed by atoms with Crippen LogP contribution in [0.3, 0.4) is 0 Å². The van der Waals surface area contributed by atoms with Crippen molar-refractivity contribution < 1.29 is 4.79 Å². The van der Waals surface area contributed by atoms with E-state index in [1.54, 1.807) is 14.1 Å². The van der Waals surface area contributed by atoms with Crippen molar-refractivity contribution in [2.45, 2.75) is 5.25 Å². The fourth-order valence-electron chi connectivity index (χ4n) is 1.00. The molecule has 0 aliphatic rings. The molecule has 1 rings (SSSR count). The molecule has 0 aliphatic carbocycles. The summed E-state index contributed by atoms with van der Waals surface area (Å²) in [6.45, 7) is 0. The number of hydrogen-bond acceptors (Lipinski definition) is 3. The number of carbonyl (C=O) groups excluding carboxylic acids is 1. The third kappa shape index (κ3) is 3.30. The van der Waals surface area contributed by atoms with Gasteiger partial charge in [-0.15, -0.1) is 0 Å². The molecule has 0 fully saturated rings. The van der Waals surface area contributed by atoms with Crippen molar-refractivity contribution in [1.29, 1.82) is 5.26 Å². The number of carbonyl (C=O) groups is 1. The minimum absolute atomic E-state index is 0.106. The second kappa shape index (κ2) is 5.42. The Balaban J connectivity index is 2.75. The molecule has 0 aliphatic heterocycles. The first-order chi connectivity index (χ1) is 7.15. The van der Waals surface area contributed by atoms with Crippen LogP contribution in [-0.2, 0) is 0 Å². The zero-order chi connectivity index (χ0) is 11.3. The van der Waals surface area contributed by atoms with Gasteiger partial charge in [-0.3, -0.25) is 4.79 Å². The third-order valence-corrected chi connectivity index (χ3v) is 2.98. The van der Waals surface area contributed by atoms with E-state index in [2.05, 4.69) is 6.07 Å². The van der Waals surface area contributed by atoms with Crippen LogP contribution in [0.5, 0.6) is 0 Å². The zero-order valence-corrected chi connectivity index (χ0v) is 9.49. The van der Waals surface area contributed by atoms with E-state index >= 15 is 0 Å². The highest BCUT2D eigenvalue weighted by molar-refractivity contribution is 8.13. The quantitative estimate of drug-likeness (QED) is 0.769. The third-order valence-electron chi connectivity index (χ3n) is 1.80. The Hall–Kier alpha value is -1.47. The Bertz CT molecular complexity index is 370. The first kappa shape index (κ1) is 11.6. The Morgan fingerprint density at radius 3 is 2.47 bits per heavy atom. The standard InChI is InChI=1S/C11H12N2OS/c1-13(2)11(14)15-10(8-12)9-6-4-3-5-7-9/h3-7,10H,1-2H3. The molecule has 1 aromatic carbocycles. The number of amides is 1. The first-order valence-electron chi connectivity index (χ1n) is 4.47. The molecule has 78 valence electrons. The Labute approximate surface area is 93.7 Å². The molecule has 4 heteroatoms. The van der Waals surface area contributed by atoms with Crippen LogP contribution in [0.15, 0.2) is 30.3 Å². The number of benzene rings is 1. The number of thioether (sulfide) groups is 1. The van der Waals surface area contributed by atoms with Crippen LogP contribution in [0, 0.1) is 11.3 Å². The molecule has 0 saturated carbocycles. The highest BCUT2D eigenvalue weighted by Gasteiger charge is 2.16. The Kier molecular flexibility index (Phi) is 4.19. The van der Waals surface area contributed by atoms with Gasteiger partial charge in [0.2, 0.25) is 0 Å². The monoisotopic (exact) mass is 220 g/mol. The van der Waals surface area contributed by atoms with E-state index < -0.39 is 5.25 Å². The van der Waals surface area contributed by atoms with Crippen molar-refractivity contribution in [2.24, 2.45) is 0 Å². The summed E-state index contributed by atoms with van der Waals surface area (Å²) < 4.78 is 0. The summed E-state index contributed by atoms with van der Waals surface area (Å²) in [5.74, 6) is 0. The molecule has 0 aromatic heterocycles. The molecule has 0 spiro atoms. The van der Waals surface area contributed by atoms with Gasteiger partial charge in [-0.2, -0.15) is 5.26 Å². The number of hydrogen-bond donors (Lipinski definition) is 0. The Morgan fingerprint density at radius 1 is 1.40 bits per heavy atom. The van der Waals surface area contributed by atoms with Gasteiger partial charge >= 0.3 is 0 Å². The van der Waals surface area contributed by atoms with Crippen molar-refractivity contribution in [3.63, 3.8) is 0 Å². The predicted octanol–water partition coefficient (Wildman–Crippen LogP) is 2.67. The molecule has 0 heterocycles. The van der Waals surface area contributed by atoms with Crippen molar-refractivity contribution in [1.82, 2.24) is 4.90 Å². The highest BCUT2D eigenvalue weighted by atomic mass is 32.2. The van der Waals surface area contributed by atoms with Crippen LogP contribution in [0.1, 0.15) is 10.8 Å². The maximum Gasteiger partial charge on any atom is 0.282 e. The van der Waals surface area contributed by atoms with Gasteiger partial charge in [-0.05, 0) is 17.3 Å². The lowest BCUT2D eigenvalue weighted by Gasteiger charge is -2.12. The number of nitriles is 1. The second-order valence-electron chi connectivity index (χ2n) is 3.20. The van der Waals surface area contributed by atoms with Gasteiger partial charge in [-0.25, -0.2) is 0 Å². The van der Waals surface area contributed by atoms with E-state index in [0.29, 0.717) is 0 Å². The fourth-order valence-corrected chi connectivity index (χ4v) is 1.76. The molecule has 3 nitrogen and oxygen atoms in total. The van der Waals surface area contributed by atoms with Crippen molar-refractivity contribution in [3.05, 3.63) is 35.9 Å². The van der Waals surface area contributed by atoms with Gasteiger partial charge in [-0.1, -0.05) is 30.3 Å². The Morgan fingerprint density at radius 2 is 2.00 bits per heavy atom. The maximum absolute atomic E-state index is 11.4. The topological polar surface area (TPSA) is 44.1 Å². The summed E-state index contributed by atoms with van der Waals surface area (Å²) in [6.07, 6.45) is 0. The normalized spacial score (nSPS) is 11.5. The molecular weight excluding hydrogens is 208 g/mol. The van der Waals surface area contributed by atoms with E-state index in [1.807, 2.05) is 30.3 Å². The molecule has 1 atom stereocenters. The van der Waals surface area contributed by atoms with Crippen LogP contribution in [0.2, 0.25) is 0 Å². The predicted molar refractivity (Wildman–Crippen MR) is 61.5 cm³/mol. The van der Waals surface area contributed by atoms with Crippen molar-refractivity contribution in [3.8, 4) is 6.07 Å². The van der Waals surface area contributed by atoms with Gasteiger partial charge in [0, 0.05) is 14.1 Å². The molecule has 0 saturated heterocycles. The van der Waals surface area contributed by atoms with E-state index in [0.717, 1.165) is 17.3 Å². The second-order valence-corrected chi connectivity index (χ2v) is 4.25. The van der Waals surface area contributed by atoms with Gasteiger partial charge in [0.05, 0.1) is 6.07 Å². The average molecular weight is 220 g/mol. The van der Waals surface area contributed by atoms with Crippen LogP contribution in [-0.4, -0.2) is 24.2 Å². The van der Waals surface area contributed by atoms with Crippen LogP contribution >= 0.6 is 11.8 Å². The molecule has 0 bridgehead atoms. The zero-order valence-electron chi connectivity index (χ0n) is 8.68. The SMILES string of the molecule is CN(C)C(=O)SC(C#N)c1ccccc1. The van der Waals surface area contributed by atoms with Gasteiger partial charge in [0.25, 0.3) is 5.24 Å². The van der Waals surface area contributed by atoms with Gasteiger partial charge in [0.1, 0.15) is 5.25 Å². The van der Waals surface area contributed by atoms with Crippen LogP contribution in [0.25, 0.3) is 0 Å². The summed E-state index contributed by atoms with van der Waals surface area (Å²) in [5, 5.41) is 8.43. The molecule has 0 N–H and O–H groups in total. The van der Waals surface area contributed by atoms with Crippen LogP contribution < -0.4 is 0 Å². The minimum atomic E-state index is -0.430. The van der Waals surface area contributed by atoms with E-state index in [1.165, 1.54) is 4.90 Å². The first-order valence-corrected chi connectivity index (χ1v) is 5.35. The van der Waals surface area contributed by atoms with Crippen molar-refractivity contribution in [2.75, 3.05) is 14.1 Å². The largest absolute Gasteiger partial charge is 0.340 e. The van der Waals surface area contributed by atoms with E-state index in [-0.39, 0.29) is 5.24 Å². The molecule has 1 aromatic rings. The molecule has 15 heavy (non-hydrogen) atoms. The smallest absolute Gasteiger partial charge is 0.282 e. The average Bonchev–Trinajstić information content (AvgIpc) is 2.26. The fraction of sp³-hybridized carbons (Fsp3) is 0.273. The molecule has 0 radical (unpaired) electrons. The molecule has 1 unspecified atom stereocenters. The van der Waals surface area contributed by atoms with E-state index in [4.69, 9.17) is 5.26 Å². The maximum atomic E-state index is 11.4. The van der Waals surface area contributed by atoms with Crippen molar-refractivity contribution >= 4 is 17.0 Å². The molecule has 1 amide bonds. The lowest BCUT2D eigenvalue weighted by Crippen LogP contribution is -2.17. The summed E-state index contributed by atoms with van der Waals surface area (Å²) in [4.78, 5) is 12.9. The van der Waals surface area contributed by atoms with Gasteiger partial charge in [0.15, 0.2) is 0 Å². The summed E-state index contributed by atoms with van der Waals surface area (Å²) in [6, 6.07) is 11.4. The van der Waals surface area contributed by atoms with Crippen LogP contribution in [0.4, 0.5) is 4.79 Å². The lowest BCUT2D eigenvalue weighted by atomic mass is 10.2. The number of rotatable bonds is 2. The summed E-state index contributed by atoms with van der Waals surface area (Å²) in [5.41, 5.74) is 0.861. The highest BCUT2D eigenvalue weighted by Crippen LogP contribution is 2.29. The number of nitrogens with zero attached hydrogens (tertiary/aromatic N) is 2. The van der Waals surface area contributed by atoms with Gasteiger partial charge < -0.3 is 4.90 Å². The summed E-state index contributed by atoms with van der Waals surface area (Å²) >= 11 is 1.03. The minimum Gasteiger partial charge on any atom is -0.340 e. The lowest BCUT2D eigenvalue weighted by molar-refractivity contribution is 0.241. The summed E-state index contributed by atoms with van der Waals surface area (Å²) in [7, 11) is 3.35.